The molecule has 1 rings (SSSR count). The molecule has 0 fully saturated rings. The van der Waals surface area contributed by atoms with E-state index in [-0.39, 0.29) is 0 Å². The molecule has 0 aliphatic heterocycles. The van der Waals surface area contributed by atoms with E-state index in [9.17, 15) is 4.79 Å². The first-order valence-electron chi connectivity index (χ1n) is 7.16. The van der Waals surface area contributed by atoms with Crippen molar-refractivity contribution in [2.45, 2.75) is 46.8 Å². The fourth-order valence-electron chi connectivity index (χ4n) is 1.88. The molecule has 4 nitrogen and oxygen atoms in total. The maximum absolute atomic E-state index is 11.9. The van der Waals surface area contributed by atoms with Gasteiger partial charge in [0.25, 0.3) is 0 Å². The molecule has 1 aromatic rings. The monoisotopic (exact) mass is 278 g/mol. The second-order valence-corrected chi connectivity index (χ2v) is 5.75. The summed E-state index contributed by atoms with van der Waals surface area (Å²) >= 11 is 0. The SMILES string of the molecule is CCN(CC)Cc1ccccc1NC(=O)OC(C)(C)C. The quantitative estimate of drug-likeness (QED) is 0.888. The summed E-state index contributed by atoms with van der Waals surface area (Å²) in [7, 11) is 0. The van der Waals surface area contributed by atoms with Crippen molar-refractivity contribution in [3.8, 4) is 0 Å². The summed E-state index contributed by atoms with van der Waals surface area (Å²) in [5, 5.41) is 2.83. The average Bonchev–Trinajstić information content (AvgIpc) is 2.35. The van der Waals surface area contributed by atoms with Crippen LogP contribution in [0.2, 0.25) is 0 Å². The first-order valence-corrected chi connectivity index (χ1v) is 7.16. The van der Waals surface area contributed by atoms with Crippen LogP contribution >= 0.6 is 0 Å². The number of nitrogens with zero attached hydrogens (tertiary/aromatic N) is 1. The highest BCUT2D eigenvalue weighted by Gasteiger charge is 2.17. The van der Waals surface area contributed by atoms with Crippen molar-refractivity contribution < 1.29 is 9.53 Å². The zero-order valence-corrected chi connectivity index (χ0v) is 13.2. The Kier molecular flexibility index (Phi) is 6.02. The van der Waals surface area contributed by atoms with Gasteiger partial charge in [0, 0.05) is 12.2 Å². The molecule has 0 aliphatic carbocycles. The summed E-state index contributed by atoms with van der Waals surface area (Å²) in [5.74, 6) is 0. The molecule has 112 valence electrons. The van der Waals surface area contributed by atoms with E-state index in [4.69, 9.17) is 4.74 Å². The summed E-state index contributed by atoms with van der Waals surface area (Å²) in [6.45, 7) is 12.6. The largest absolute Gasteiger partial charge is 0.444 e. The number of anilines is 1. The lowest BCUT2D eigenvalue weighted by Gasteiger charge is -2.22. The molecule has 1 aromatic carbocycles. The third-order valence-corrected chi connectivity index (χ3v) is 2.94. The lowest BCUT2D eigenvalue weighted by molar-refractivity contribution is 0.0635. The molecule has 0 atom stereocenters. The van der Waals surface area contributed by atoms with Gasteiger partial charge in [0.05, 0.1) is 0 Å². The number of hydrogen-bond donors (Lipinski definition) is 1. The van der Waals surface area contributed by atoms with Crippen LogP contribution in [-0.4, -0.2) is 29.7 Å². The first kappa shape index (κ1) is 16.5. The van der Waals surface area contributed by atoms with Gasteiger partial charge in [0.15, 0.2) is 0 Å². The molecule has 1 N–H and O–H groups in total. The van der Waals surface area contributed by atoms with Crippen molar-refractivity contribution >= 4 is 11.8 Å². The van der Waals surface area contributed by atoms with E-state index in [0.717, 1.165) is 30.9 Å². The lowest BCUT2D eigenvalue weighted by Crippen LogP contribution is -2.28. The molecule has 0 saturated carbocycles. The molecule has 0 heterocycles. The van der Waals surface area contributed by atoms with Crippen LogP contribution in [0.5, 0.6) is 0 Å². The summed E-state index contributed by atoms with van der Waals surface area (Å²) in [4.78, 5) is 14.2. The highest BCUT2D eigenvalue weighted by molar-refractivity contribution is 5.85. The zero-order chi connectivity index (χ0) is 15.2. The van der Waals surface area contributed by atoms with E-state index in [1.165, 1.54) is 0 Å². The van der Waals surface area contributed by atoms with E-state index < -0.39 is 11.7 Å². The Bertz CT molecular complexity index is 434. The number of hydrogen-bond acceptors (Lipinski definition) is 3. The number of carbonyl (C=O) groups excluding carboxylic acids is 1. The topological polar surface area (TPSA) is 41.6 Å². The third kappa shape index (κ3) is 5.61. The standard InChI is InChI=1S/C16H26N2O2/c1-6-18(7-2)12-13-10-8-9-11-14(13)17-15(19)20-16(3,4)5/h8-11H,6-7,12H2,1-5H3,(H,17,19). The van der Waals surface area contributed by atoms with Gasteiger partial charge in [-0.3, -0.25) is 10.2 Å². The van der Waals surface area contributed by atoms with Crippen LogP contribution in [0.4, 0.5) is 10.5 Å². The smallest absolute Gasteiger partial charge is 0.412 e. The minimum atomic E-state index is -0.488. The molecular weight excluding hydrogens is 252 g/mol. The van der Waals surface area contributed by atoms with Gasteiger partial charge in [-0.25, -0.2) is 4.79 Å². The summed E-state index contributed by atoms with van der Waals surface area (Å²) in [6.07, 6.45) is -0.413. The van der Waals surface area contributed by atoms with E-state index >= 15 is 0 Å². The van der Waals surface area contributed by atoms with E-state index in [2.05, 4.69) is 24.1 Å². The molecule has 0 saturated heterocycles. The highest BCUT2D eigenvalue weighted by Crippen LogP contribution is 2.18. The van der Waals surface area contributed by atoms with Crippen LogP contribution in [0.25, 0.3) is 0 Å². The molecule has 0 bridgehead atoms. The second kappa shape index (κ2) is 7.29. The fraction of sp³-hybridized carbons (Fsp3) is 0.562. The van der Waals surface area contributed by atoms with Crippen molar-refractivity contribution in [2.24, 2.45) is 0 Å². The molecule has 0 spiro atoms. The van der Waals surface area contributed by atoms with E-state index in [1.54, 1.807) is 0 Å². The Balaban J connectivity index is 2.77. The number of carbonyl (C=O) groups is 1. The molecule has 20 heavy (non-hydrogen) atoms. The third-order valence-electron chi connectivity index (χ3n) is 2.94. The number of ether oxygens (including phenoxy) is 1. The molecule has 4 heteroatoms. The van der Waals surface area contributed by atoms with Crippen molar-refractivity contribution in [1.82, 2.24) is 4.90 Å². The zero-order valence-electron chi connectivity index (χ0n) is 13.2. The molecular formula is C16H26N2O2. The Morgan fingerprint density at radius 3 is 2.35 bits per heavy atom. The molecule has 0 aliphatic rings. The number of nitrogens with one attached hydrogen (secondary N) is 1. The summed E-state index contributed by atoms with van der Waals surface area (Å²) in [5.41, 5.74) is 1.42. The van der Waals surface area contributed by atoms with Gasteiger partial charge in [-0.1, -0.05) is 32.0 Å². The van der Waals surface area contributed by atoms with E-state index in [0.29, 0.717) is 0 Å². The van der Waals surface area contributed by atoms with Crippen LogP contribution in [0, 0.1) is 0 Å². The van der Waals surface area contributed by atoms with Gasteiger partial charge < -0.3 is 4.74 Å². The average molecular weight is 278 g/mol. The van der Waals surface area contributed by atoms with Gasteiger partial charge in [-0.15, -0.1) is 0 Å². The van der Waals surface area contributed by atoms with E-state index in [1.807, 2.05) is 45.0 Å². The Labute approximate surface area is 122 Å². The van der Waals surface area contributed by atoms with Gasteiger partial charge >= 0.3 is 6.09 Å². The number of rotatable bonds is 5. The van der Waals surface area contributed by atoms with Gasteiger partial charge in [-0.05, 0) is 45.5 Å². The Morgan fingerprint density at radius 2 is 1.80 bits per heavy atom. The normalized spacial score (nSPS) is 11.5. The lowest BCUT2D eigenvalue weighted by atomic mass is 10.1. The Hall–Kier alpha value is -1.55. The predicted octanol–water partition coefficient (Wildman–Crippen LogP) is 3.88. The predicted molar refractivity (Wildman–Crippen MR) is 82.9 cm³/mol. The summed E-state index contributed by atoms with van der Waals surface area (Å²) in [6, 6.07) is 7.84. The maximum Gasteiger partial charge on any atom is 0.412 e. The first-order chi connectivity index (χ1) is 9.35. The molecule has 1 amide bonds. The van der Waals surface area contributed by atoms with Crippen molar-refractivity contribution in [1.29, 1.82) is 0 Å². The minimum absolute atomic E-state index is 0.413. The van der Waals surface area contributed by atoms with Crippen molar-refractivity contribution in [3.63, 3.8) is 0 Å². The molecule has 0 radical (unpaired) electrons. The number of amides is 1. The van der Waals surface area contributed by atoms with Crippen LogP contribution in [0.15, 0.2) is 24.3 Å². The van der Waals surface area contributed by atoms with Crippen LogP contribution in [-0.2, 0) is 11.3 Å². The molecule has 0 unspecified atom stereocenters. The van der Waals surface area contributed by atoms with Gasteiger partial charge in [0.1, 0.15) is 5.60 Å². The Morgan fingerprint density at radius 1 is 1.20 bits per heavy atom. The minimum Gasteiger partial charge on any atom is -0.444 e. The van der Waals surface area contributed by atoms with Crippen LogP contribution in [0.1, 0.15) is 40.2 Å². The maximum atomic E-state index is 11.9. The van der Waals surface area contributed by atoms with Crippen LogP contribution < -0.4 is 5.32 Å². The number of para-hydroxylation sites is 1. The van der Waals surface area contributed by atoms with Gasteiger partial charge in [-0.2, -0.15) is 0 Å². The van der Waals surface area contributed by atoms with Crippen molar-refractivity contribution in [2.75, 3.05) is 18.4 Å². The second-order valence-electron chi connectivity index (χ2n) is 5.75. The summed E-state index contributed by atoms with van der Waals surface area (Å²) < 4.78 is 5.29. The van der Waals surface area contributed by atoms with Gasteiger partial charge in [0.2, 0.25) is 0 Å². The molecule has 0 aromatic heterocycles. The fourth-order valence-corrected chi connectivity index (χ4v) is 1.88. The number of benzene rings is 1. The highest BCUT2D eigenvalue weighted by atomic mass is 16.6. The van der Waals surface area contributed by atoms with Crippen LogP contribution in [0.3, 0.4) is 0 Å². The van der Waals surface area contributed by atoms with Crippen molar-refractivity contribution in [3.05, 3.63) is 29.8 Å².